The van der Waals surface area contributed by atoms with Crippen LogP contribution in [0.15, 0.2) is 0 Å². The SMILES string of the molecule is CC(CC(=O)[C@@H]1CCCN1C(=O)C(CC(=O)[C@@H]([NH3+])C(C)O[C@H]1OC(CO)[C@H](O)[C@H](O[C@@H]2OC(CO)[C@H](O)[C@H](O)C2O)C1C)C(C)C)C(=O)N[C@@H](C)C(=O)[O-]. The molecule has 7 unspecified atom stereocenters. The standard InChI is InChI=1S/C35H59N3O16/c1-14(2)19(32(48)38-9-7-8-20(38)21(41)10-15(3)31(47)37-17(5)33(49)50)11-22(42)25(36)18(6)51-34-16(4)30(27(44)24(13-40)52-34)54-35-29(46)28(45)26(43)23(12-39)53-35/h14-20,23-30,34-35,39-40,43-46H,7-13,36H2,1-6H3,(H,37,47)(H,49,50)/t15?,16?,17-,18?,19?,20-,23?,24?,25-,26-,27-,28-,29?,30+,34-,35-/m0/s1. The van der Waals surface area contributed by atoms with Crippen molar-refractivity contribution >= 4 is 29.4 Å². The first-order valence-electron chi connectivity index (χ1n) is 18.5. The molecule has 3 aliphatic heterocycles. The summed E-state index contributed by atoms with van der Waals surface area (Å²) in [5.41, 5.74) is 3.99. The van der Waals surface area contributed by atoms with Gasteiger partial charge in [-0.25, -0.2) is 0 Å². The molecule has 3 fully saturated rings. The summed E-state index contributed by atoms with van der Waals surface area (Å²) >= 11 is 0. The van der Waals surface area contributed by atoms with Crippen molar-refractivity contribution in [1.82, 2.24) is 10.2 Å². The van der Waals surface area contributed by atoms with E-state index in [1.54, 1.807) is 27.7 Å². The average molecular weight is 778 g/mol. The first-order chi connectivity index (χ1) is 25.2. The second-order valence-electron chi connectivity index (χ2n) is 15.2. The van der Waals surface area contributed by atoms with Crippen molar-refractivity contribution in [2.75, 3.05) is 19.8 Å². The van der Waals surface area contributed by atoms with Crippen LogP contribution in [0.1, 0.15) is 67.2 Å². The van der Waals surface area contributed by atoms with Crippen LogP contribution in [0.3, 0.4) is 0 Å². The molecule has 19 nitrogen and oxygen atoms in total. The van der Waals surface area contributed by atoms with Crippen molar-refractivity contribution in [1.29, 1.82) is 0 Å². The Kier molecular flexibility index (Phi) is 16.9. The summed E-state index contributed by atoms with van der Waals surface area (Å²) in [7, 11) is 0. The van der Waals surface area contributed by atoms with E-state index in [1.165, 1.54) is 18.7 Å². The van der Waals surface area contributed by atoms with Crippen LogP contribution in [0.25, 0.3) is 0 Å². The third-order valence-electron chi connectivity index (χ3n) is 10.7. The lowest BCUT2D eigenvalue weighted by atomic mass is 9.86. The second-order valence-corrected chi connectivity index (χ2v) is 15.2. The minimum absolute atomic E-state index is 0.217. The number of carboxylic acids is 1. The van der Waals surface area contributed by atoms with Crippen LogP contribution in [-0.4, -0.2) is 164 Å². The third-order valence-corrected chi connectivity index (χ3v) is 10.7. The number of rotatable bonds is 18. The van der Waals surface area contributed by atoms with E-state index < -0.39 is 134 Å². The van der Waals surface area contributed by atoms with Gasteiger partial charge in [-0.05, 0) is 32.6 Å². The fourth-order valence-electron chi connectivity index (χ4n) is 6.97. The lowest BCUT2D eigenvalue weighted by Crippen LogP contribution is -2.71. The first kappa shape index (κ1) is 45.7. The molecule has 310 valence electrons. The number of hydrogen-bond acceptors (Lipinski definition) is 16. The summed E-state index contributed by atoms with van der Waals surface area (Å²) in [6.07, 6.45) is -13.6. The Morgan fingerprint density at radius 2 is 1.48 bits per heavy atom. The van der Waals surface area contributed by atoms with E-state index >= 15 is 0 Å². The van der Waals surface area contributed by atoms with Crippen LogP contribution in [0.4, 0.5) is 0 Å². The number of carboxylic acid groups (broad SMARTS) is 1. The fraction of sp³-hybridized carbons (Fsp3) is 0.857. The molecule has 19 heteroatoms. The first-order valence-corrected chi connectivity index (χ1v) is 18.5. The van der Waals surface area contributed by atoms with Gasteiger partial charge in [-0.2, -0.15) is 0 Å². The maximum Gasteiger partial charge on any atom is 0.227 e. The van der Waals surface area contributed by atoms with Crippen molar-refractivity contribution in [2.24, 2.45) is 23.7 Å². The van der Waals surface area contributed by atoms with Crippen molar-refractivity contribution in [3.05, 3.63) is 0 Å². The van der Waals surface area contributed by atoms with Crippen LogP contribution >= 0.6 is 0 Å². The largest absolute Gasteiger partial charge is 0.548 e. The molecule has 0 bridgehead atoms. The maximum absolute atomic E-state index is 13.9. The molecule has 3 heterocycles. The van der Waals surface area contributed by atoms with Crippen LogP contribution in [-0.2, 0) is 42.9 Å². The Labute approximate surface area is 314 Å². The van der Waals surface area contributed by atoms with Gasteiger partial charge in [-0.3, -0.25) is 19.2 Å². The van der Waals surface area contributed by atoms with Gasteiger partial charge in [0.05, 0.1) is 37.4 Å². The highest BCUT2D eigenvalue weighted by Crippen LogP contribution is 2.34. The summed E-state index contributed by atoms with van der Waals surface area (Å²) in [6.45, 7) is 8.33. The Bertz CT molecular complexity index is 1300. The number of carbonyl (C=O) groups is 5. The number of nitrogens with zero attached hydrogens (tertiary/aromatic N) is 1. The molecule has 0 aromatic heterocycles. The number of Topliss-reactive ketones (excluding diaryl/α,β-unsaturated/α-hetero) is 2. The molecule has 0 aliphatic carbocycles. The zero-order chi connectivity index (χ0) is 40.8. The van der Waals surface area contributed by atoms with Gasteiger partial charge in [0, 0.05) is 37.1 Å². The monoisotopic (exact) mass is 777 g/mol. The van der Waals surface area contributed by atoms with Gasteiger partial charge < -0.3 is 75.4 Å². The minimum atomic E-state index is -1.76. The third kappa shape index (κ3) is 10.8. The Morgan fingerprint density at radius 1 is 0.889 bits per heavy atom. The van der Waals surface area contributed by atoms with Crippen molar-refractivity contribution in [3.63, 3.8) is 0 Å². The molecule has 3 rings (SSSR count). The van der Waals surface area contributed by atoms with Crippen LogP contribution in [0.2, 0.25) is 0 Å². The summed E-state index contributed by atoms with van der Waals surface area (Å²) in [5, 5.41) is 74.5. The van der Waals surface area contributed by atoms with Crippen molar-refractivity contribution in [2.45, 2.75) is 147 Å². The summed E-state index contributed by atoms with van der Waals surface area (Å²) in [6, 6.07) is -3.08. The molecule has 10 N–H and O–H groups in total. The molecule has 0 aromatic rings. The number of aliphatic hydroxyl groups is 6. The number of ether oxygens (including phenoxy) is 4. The lowest BCUT2D eigenvalue weighted by Gasteiger charge is -2.47. The van der Waals surface area contributed by atoms with E-state index in [2.05, 4.69) is 11.1 Å². The fourth-order valence-corrected chi connectivity index (χ4v) is 6.97. The van der Waals surface area contributed by atoms with Gasteiger partial charge >= 0.3 is 0 Å². The summed E-state index contributed by atoms with van der Waals surface area (Å²) < 4.78 is 23.2. The lowest BCUT2D eigenvalue weighted by molar-refractivity contribution is -0.432. The molecule has 3 saturated heterocycles. The van der Waals surface area contributed by atoms with E-state index in [0.29, 0.717) is 12.8 Å². The number of likely N-dealkylation sites (tertiary alicyclic amines) is 1. The molecule has 0 spiro atoms. The van der Waals surface area contributed by atoms with Gasteiger partial charge in [0.15, 0.2) is 30.2 Å². The number of nitrogens with one attached hydrogen (secondary N) is 1. The molecule has 54 heavy (non-hydrogen) atoms. The molecular formula is C35H59N3O16. The zero-order valence-corrected chi connectivity index (χ0v) is 31.7. The van der Waals surface area contributed by atoms with Gasteiger partial charge in [0.25, 0.3) is 0 Å². The van der Waals surface area contributed by atoms with Gasteiger partial charge in [-0.1, -0.05) is 27.7 Å². The number of carbonyl (C=O) groups excluding carboxylic acids is 5. The summed E-state index contributed by atoms with van der Waals surface area (Å²) in [4.78, 5) is 65.7. The Balaban J connectivity index is 1.66. The van der Waals surface area contributed by atoms with E-state index in [9.17, 15) is 59.7 Å². The number of aliphatic carboxylic acids is 1. The molecule has 0 aromatic carbocycles. The highest BCUT2D eigenvalue weighted by Gasteiger charge is 2.51. The van der Waals surface area contributed by atoms with Crippen molar-refractivity contribution < 1.29 is 84.4 Å². The van der Waals surface area contributed by atoms with Crippen LogP contribution in [0, 0.1) is 23.7 Å². The van der Waals surface area contributed by atoms with E-state index in [1.807, 2.05) is 0 Å². The zero-order valence-electron chi connectivity index (χ0n) is 31.7. The maximum atomic E-state index is 13.9. The van der Waals surface area contributed by atoms with E-state index in [-0.39, 0.29) is 31.1 Å². The van der Waals surface area contributed by atoms with Crippen LogP contribution < -0.4 is 16.2 Å². The number of quaternary nitrogens is 1. The van der Waals surface area contributed by atoms with E-state index in [4.69, 9.17) is 18.9 Å². The minimum Gasteiger partial charge on any atom is -0.548 e. The van der Waals surface area contributed by atoms with Gasteiger partial charge in [0.1, 0.15) is 42.7 Å². The Hall–Kier alpha value is -2.69. The van der Waals surface area contributed by atoms with Gasteiger partial charge in [-0.15, -0.1) is 0 Å². The number of aliphatic hydroxyl groups excluding tert-OH is 6. The molecule has 3 aliphatic rings. The topological polar surface area (TPSA) is 310 Å². The number of hydrogen-bond donors (Lipinski definition) is 8. The molecule has 0 radical (unpaired) electrons. The molecular weight excluding hydrogens is 718 g/mol. The number of ketones is 2. The molecule has 2 amide bonds. The predicted octanol–water partition coefficient (Wildman–Crippen LogP) is -5.03. The highest BCUT2D eigenvalue weighted by molar-refractivity contribution is 5.95. The normalized spacial score (nSPS) is 34.5. The quantitative estimate of drug-likeness (QED) is 0.0646. The number of amides is 2. The Morgan fingerprint density at radius 3 is 2.06 bits per heavy atom. The smallest absolute Gasteiger partial charge is 0.227 e. The summed E-state index contributed by atoms with van der Waals surface area (Å²) in [5.74, 6) is -6.07. The molecule has 16 atom stereocenters. The van der Waals surface area contributed by atoms with E-state index in [0.717, 1.165) is 0 Å². The molecule has 0 saturated carbocycles. The van der Waals surface area contributed by atoms with Crippen LogP contribution in [0.5, 0.6) is 0 Å². The van der Waals surface area contributed by atoms with Crippen molar-refractivity contribution in [3.8, 4) is 0 Å². The predicted molar refractivity (Wildman–Crippen MR) is 181 cm³/mol. The van der Waals surface area contributed by atoms with Gasteiger partial charge in [0.2, 0.25) is 11.8 Å². The highest BCUT2D eigenvalue weighted by atomic mass is 16.7. The second kappa shape index (κ2) is 19.9. The average Bonchev–Trinajstić information content (AvgIpc) is 3.62.